The Hall–Kier alpha value is -16.4. The van der Waals surface area contributed by atoms with Gasteiger partial charge < -0.3 is 0 Å². The molecule has 12 aromatic heterocycles. The van der Waals surface area contributed by atoms with E-state index in [1.54, 1.807) is 0 Å². The number of benzene rings is 15. The smallest absolute Gasteiger partial charge is 0.154 e. The molecule has 0 aliphatic carbocycles. The largest absolute Gasteiger partial charge is 0.249 e. The van der Waals surface area contributed by atoms with Crippen molar-refractivity contribution in [2.45, 2.75) is 95.9 Å². The monoisotopic (exact) mass is 1820 g/mol. The van der Waals surface area contributed by atoms with Crippen molar-refractivity contribution in [3.8, 4) is 33.4 Å². The highest BCUT2D eigenvalue weighted by Gasteiger charge is 2.30. The second-order valence-corrected chi connectivity index (χ2v) is 38.9. The van der Waals surface area contributed by atoms with Crippen LogP contribution in [0.3, 0.4) is 0 Å². The summed E-state index contributed by atoms with van der Waals surface area (Å²) in [7, 11) is 12.7. The third-order valence-electron chi connectivity index (χ3n) is 29.7. The second kappa shape index (κ2) is 35.3. The zero-order valence-electron chi connectivity index (χ0n) is 83.6. The maximum atomic E-state index is 2.38. The van der Waals surface area contributed by atoms with Crippen LogP contribution in [0.2, 0.25) is 0 Å². The maximum Gasteiger partial charge on any atom is 0.249 e. The van der Waals surface area contributed by atoms with Gasteiger partial charge in [-0.25, -0.2) is 0 Å². The molecule has 12 heterocycles. The molecular formula is C128H118N12+6. The van der Waals surface area contributed by atoms with Crippen molar-refractivity contribution in [1.29, 1.82) is 0 Å². The Labute approximate surface area is 815 Å². The van der Waals surface area contributed by atoms with Crippen molar-refractivity contribution < 1.29 is 27.9 Å². The lowest BCUT2D eigenvalue weighted by Gasteiger charge is -2.12. The van der Waals surface area contributed by atoms with Gasteiger partial charge in [-0.1, -0.05) is 321 Å². The van der Waals surface area contributed by atoms with E-state index in [1.165, 1.54) is 263 Å². The fourth-order valence-corrected chi connectivity index (χ4v) is 22.8. The van der Waals surface area contributed by atoms with Crippen molar-refractivity contribution in [2.75, 3.05) is 0 Å². The van der Waals surface area contributed by atoms with Crippen LogP contribution in [0.5, 0.6) is 0 Å². The topological polar surface area (TPSA) is 50.5 Å². The molecule has 15 aromatic carbocycles. The molecule has 0 N–H and O–H groups in total. The lowest BCUT2D eigenvalue weighted by atomic mass is 9.94. The van der Waals surface area contributed by atoms with Crippen LogP contribution in [0.25, 0.3) is 197 Å². The molecule has 0 aliphatic rings. The highest BCUT2D eigenvalue weighted by molar-refractivity contribution is 6.20. The van der Waals surface area contributed by atoms with Crippen LogP contribution in [0.4, 0.5) is 0 Å². The molecule has 0 unspecified atom stereocenters. The molecule has 0 aliphatic heterocycles. The summed E-state index contributed by atoms with van der Waals surface area (Å²) in [5, 5.41) is 23.7. The minimum absolute atomic E-state index is 0.545. The fourth-order valence-electron chi connectivity index (χ4n) is 22.8. The van der Waals surface area contributed by atoms with E-state index in [1.807, 2.05) is 0 Å². The van der Waals surface area contributed by atoms with Gasteiger partial charge in [-0.3, -0.25) is 0 Å². The van der Waals surface area contributed by atoms with E-state index >= 15 is 0 Å². The van der Waals surface area contributed by atoms with Gasteiger partial charge in [0.05, 0.1) is 34.6 Å². The maximum absolute atomic E-state index is 2.38. The summed E-state index contributed by atoms with van der Waals surface area (Å²) in [4.78, 5) is 0. The predicted molar refractivity (Wildman–Crippen MR) is 584 cm³/mol. The van der Waals surface area contributed by atoms with E-state index in [0.717, 1.165) is 0 Å². The molecule has 0 atom stereocenters. The summed E-state index contributed by atoms with van der Waals surface area (Å²) in [6.45, 7) is 28.7. The van der Waals surface area contributed by atoms with E-state index < -0.39 is 0 Å². The van der Waals surface area contributed by atoms with Crippen molar-refractivity contribution >= 4 is 163 Å². The third-order valence-corrected chi connectivity index (χ3v) is 29.7. The highest BCUT2D eigenvalue weighted by atomic mass is 15.4. The van der Waals surface area contributed by atoms with Crippen molar-refractivity contribution in [3.05, 3.63) is 432 Å². The molecule has 27 aromatic rings. The van der Waals surface area contributed by atoms with E-state index in [4.69, 9.17) is 0 Å². The summed E-state index contributed by atoms with van der Waals surface area (Å²) in [5.41, 5.74) is 38.9. The number of rotatable bonds is 4. The second-order valence-electron chi connectivity index (χ2n) is 38.9. The Morgan fingerprint density at radius 3 is 1.02 bits per heavy atom. The summed E-state index contributed by atoms with van der Waals surface area (Å²) in [5.74, 6) is 0.545. The Kier molecular flexibility index (Phi) is 22.4. The molecule has 0 spiro atoms. The molecule has 12 nitrogen and oxygen atoms in total. The minimum Gasteiger partial charge on any atom is -0.154 e. The first kappa shape index (κ1) is 88.8. The third kappa shape index (κ3) is 14.5. The van der Waals surface area contributed by atoms with E-state index in [-0.39, 0.29) is 0 Å². The van der Waals surface area contributed by atoms with Gasteiger partial charge in [0.2, 0.25) is 23.4 Å². The molecule has 684 valence electrons. The fraction of sp³-hybridized carbons (Fsp3) is 0.156. The molecule has 0 saturated carbocycles. The van der Waals surface area contributed by atoms with E-state index in [9.17, 15) is 0 Å². The van der Waals surface area contributed by atoms with Gasteiger partial charge in [-0.15, -0.1) is 46.0 Å². The summed E-state index contributed by atoms with van der Waals surface area (Å²) in [6.07, 6.45) is 10.9. The Morgan fingerprint density at radius 1 is 0.229 bits per heavy atom. The van der Waals surface area contributed by atoms with Crippen LogP contribution >= 0.6 is 0 Å². The van der Waals surface area contributed by atoms with Crippen LogP contribution in [-0.4, -0.2) is 27.3 Å². The van der Waals surface area contributed by atoms with Crippen LogP contribution in [-0.2, 0) is 42.3 Å². The lowest BCUT2D eigenvalue weighted by Crippen LogP contribution is -2.34. The molecule has 140 heavy (non-hydrogen) atoms. The van der Waals surface area contributed by atoms with Crippen LogP contribution < -0.4 is 27.9 Å². The number of fused-ring (bicyclic) bond motifs is 36. The molecular weight excluding hydrogens is 1710 g/mol. The predicted octanol–water partition coefficient (Wildman–Crippen LogP) is 27.9. The lowest BCUT2D eigenvalue weighted by molar-refractivity contribution is -0.735. The Morgan fingerprint density at radius 2 is 0.557 bits per heavy atom. The van der Waals surface area contributed by atoms with Crippen LogP contribution in [0.1, 0.15) is 86.7 Å². The average molecular weight is 1820 g/mol. The van der Waals surface area contributed by atoms with Gasteiger partial charge in [0.1, 0.15) is 55.2 Å². The van der Waals surface area contributed by atoms with Gasteiger partial charge in [0.15, 0.2) is 53.8 Å². The first-order valence-electron chi connectivity index (χ1n) is 48.9. The number of nitrogens with zero attached hydrogens (tertiary/aromatic N) is 12. The summed E-state index contributed by atoms with van der Waals surface area (Å²) < 4.78 is 27.3. The van der Waals surface area contributed by atoms with Crippen molar-refractivity contribution in [3.63, 3.8) is 0 Å². The van der Waals surface area contributed by atoms with Crippen LogP contribution in [0.15, 0.2) is 365 Å². The number of aryl methyl sites for hydroxylation is 16. The molecule has 0 saturated heterocycles. The van der Waals surface area contributed by atoms with E-state index in [2.05, 4.69) is 552 Å². The van der Waals surface area contributed by atoms with Crippen LogP contribution in [0, 0.1) is 76.2 Å². The molecule has 0 amide bonds. The van der Waals surface area contributed by atoms with Crippen molar-refractivity contribution in [1.82, 2.24) is 27.3 Å². The molecule has 0 fully saturated rings. The standard InChI is InChI=1S/C25H23N2.2C23H19N2.C20H21N2.C19H19N2.C18H17N2/c1-16-9-7-10-17(2)23(16)22-15-26(4)27-24-18(3)11-8-14-20(24)19-12-5-6-13-21(19)25(22)27;1-16-9-8-14-19-18-12-6-7-13-20(18)23-21(17-10-4-3-5-11-17)15-24(2)25(23)22(16)19;1-16-7-6-10-20-21-15-18(17-8-4-3-5-9-17)11-12-19(21)22-13-14-24(2)25(22)23(16)20;1-13(2)15-8-9-16-18(12-15)17-7-5-6-14(3)20(17)22-19(16)10-11-21(22)4;1-12-8-7-11-16-15-9-5-6-10-17(15)19-13(2)14(3)20(4)21(19)18(12)16;1-12-7-8-14-16(11-12)15-6-4-5-13(2)18(15)20-17(14)9-10-19(20)3/h5-15H,1-4H3;2*3-15H,1-2H3;5-13H,1-4H3;5-11H,1-4H3;4-11H,1-3H3/q6*+1. The molecule has 0 radical (unpaired) electrons. The number of aromatic nitrogens is 12. The van der Waals surface area contributed by atoms with Gasteiger partial charge in [-0.2, -0.15) is 4.68 Å². The quantitative estimate of drug-likeness (QED) is 0.125. The summed E-state index contributed by atoms with van der Waals surface area (Å²) >= 11 is 0. The normalized spacial score (nSPS) is 11.7. The number of hydrogen-bond acceptors (Lipinski definition) is 0. The Bertz CT molecular complexity index is 9730. The highest BCUT2D eigenvalue weighted by Crippen LogP contribution is 2.43. The number of hydrogen-bond donors (Lipinski definition) is 0. The minimum atomic E-state index is 0.545. The Balaban J connectivity index is 0.0000000969. The summed E-state index contributed by atoms with van der Waals surface area (Å²) in [6, 6.07) is 121. The zero-order chi connectivity index (χ0) is 96.6. The zero-order valence-corrected chi connectivity index (χ0v) is 83.6. The van der Waals surface area contributed by atoms with E-state index in [0.29, 0.717) is 5.92 Å². The molecule has 12 heteroatoms. The first-order chi connectivity index (χ1) is 67.9. The SMILES string of the molecule is Cc1ccc2c(c1)c1cccc(C)c1n1c2cc[n+]1C.Cc1cccc(C)c1-c1c[n+](C)n2c3c(C)cccc3c3ccccc3c12.Cc1cccc2c3cc(-c4ccccc4)ccc3c3cc[n+](C)n3c12.Cc1cccc2c3cc(C(C)C)ccc3c3cc[n+](C)n3c12.Cc1cccc2c3ccccc3c3c(-c4ccccc4)c[n+](C)n3c12.Cc1cccc2c3ccccc3c3c(C)c(C)n(C)[n+]3c12. The first-order valence-corrected chi connectivity index (χ1v) is 48.9. The van der Waals surface area contributed by atoms with Gasteiger partial charge in [-0.05, 0) is 194 Å². The van der Waals surface area contributed by atoms with Gasteiger partial charge in [0.25, 0.3) is 0 Å². The van der Waals surface area contributed by atoms with Gasteiger partial charge >= 0.3 is 0 Å². The average Bonchev–Trinajstić information content (AvgIpc) is 1.49. The van der Waals surface area contributed by atoms with Gasteiger partial charge in [0, 0.05) is 88.6 Å². The number of para-hydroxylation sites is 6. The number of pyridine rings is 6. The molecule has 0 bridgehead atoms. The van der Waals surface area contributed by atoms with Crippen molar-refractivity contribution in [2.24, 2.45) is 42.3 Å². The molecule has 27 rings (SSSR count).